The molecule has 0 amide bonds. The summed E-state index contributed by atoms with van der Waals surface area (Å²) in [5.41, 5.74) is 3.28. The number of hydrogen-bond donors (Lipinski definition) is 1. The minimum atomic E-state index is -0.143. The van der Waals surface area contributed by atoms with Crippen molar-refractivity contribution in [1.29, 1.82) is 0 Å². The number of hydrogen-bond acceptors (Lipinski definition) is 5. The van der Waals surface area contributed by atoms with Crippen LogP contribution in [-0.4, -0.2) is 22.0 Å². The lowest BCUT2D eigenvalue weighted by atomic mass is 10.1. The third kappa shape index (κ3) is 3.33. The Bertz CT molecular complexity index is 623. The van der Waals surface area contributed by atoms with Crippen LogP contribution in [0.5, 0.6) is 5.75 Å². The zero-order valence-electron chi connectivity index (χ0n) is 10.8. The Labute approximate surface area is 111 Å². The number of aliphatic hydroxyl groups is 1. The van der Waals surface area contributed by atoms with E-state index in [1.807, 2.05) is 32.0 Å². The van der Waals surface area contributed by atoms with E-state index in [4.69, 9.17) is 9.84 Å². The molecule has 0 bridgehead atoms. The minimum Gasteiger partial charge on any atom is -0.487 e. The first kappa shape index (κ1) is 13.1. The van der Waals surface area contributed by atoms with Gasteiger partial charge in [-0.2, -0.15) is 0 Å². The Kier molecular flexibility index (Phi) is 4.16. The average molecular weight is 258 g/mol. The molecule has 0 atom stereocenters. The van der Waals surface area contributed by atoms with Gasteiger partial charge in [-0.1, -0.05) is 22.2 Å². The summed E-state index contributed by atoms with van der Waals surface area (Å²) in [4.78, 5) is 0. The van der Waals surface area contributed by atoms with Crippen molar-refractivity contribution in [3.8, 4) is 17.6 Å². The van der Waals surface area contributed by atoms with E-state index in [1.165, 1.54) is 0 Å². The van der Waals surface area contributed by atoms with Crippen LogP contribution >= 0.6 is 0 Å². The maximum Gasteiger partial charge on any atom is 0.145 e. The van der Waals surface area contributed by atoms with Crippen LogP contribution in [0.15, 0.2) is 22.8 Å². The van der Waals surface area contributed by atoms with Gasteiger partial charge < -0.3 is 9.84 Å². The molecule has 19 heavy (non-hydrogen) atoms. The standard InChI is InChI=1S/C14H14N2O3/c1-10-8-13(6-5-12(10)4-3-7-17)18-9-14-11(2)15-19-16-14/h5-6,8,17H,7,9H2,1-2H3. The van der Waals surface area contributed by atoms with E-state index in [0.717, 1.165) is 22.6 Å². The lowest BCUT2D eigenvalue weighted by Gasteiger charge is -2.06. The highest BCUT2D eigenvalue weighted by Crippen LogP contribution is 2.18. The molecular weight excluding hydrogens is 244 g/mol. The topological polar surface area (TPSA) is 68.4 Å². The van der Waals surface area contributed by atoms with Crippen molar-refractivity contribution >= 4 is 0 Å². The molecule has 0 saturated heterocycles. The second kappa shape index (κ2) is 6.03. The molecule has 0 fully saturated rings. The molecule has 2 rings (SSSR count). The molecule has 0 radical (unpaired) electrons. The maximum atomic E-state index is 8.67. The van der Waals surface area contributed by atoms with E-state index in [1.54, 1.807) is 0 Å². The fourth-order valence-electron chi connectivity index (χ4n) is 1.53. The fraction of sp³-hybridized carbons (Fsp3) is 0.286. The molecular formula is C14H14N2O3. The summed E-state index contributed by atoms with van der Waals surface area (Å²) in [7, 11) is 0. The van der Waals surface area contributed by atoms with Crippen LogP contribution in [0.1, 0.15) is 22.5 Å². The quantitative estimate of drug-likeness (QED) is 0.847. The summed E-state index contributed by atoms with van der Waals surface area (Å²) in [6, 6.07) is 5.59. The first-order chi connectivity index (χ1) is 9.20. The van der Waals surface area contributed by atoms with Gasteiger partial charge in [0.25, 0.3) is 0 Å². The van der Waals surface area contributed by atoms with E-state index >= 15 is 0 Å². The molecule has 0 aliphatic carbocycles. The third-order valence-electron chi connectivity index (χ3n) is 2.62. The Hall–Kier alpha value is -2.32. The number of aryl methyl sites for hydroxylation is 2. The molecule has 1 N–H and O–H groups in total. The van der Waals surface area contributed by atoms with Gasteiger partial charge in [-0.3, -0.25) is 0 Å². The van der Waals surface area contributed by atoms with Crippen LogP contribution in [-0.2, 0) is 6.61 Å². The molecule has 0 aliphatic heterocycles. The van der Waals surface area contributed by atoms with Crippen molar-refractivity contribution in [2.24, 2.45) is 0 Å². The Morgan fingerprint density at radius 1 is 1.32 bits per heavy atom. The van der Waals surface area contributed by atoms with Crippen LogP contribution in [0.3, 0.4) is 0 Å². The molecule has 0 saturated carbocycles. The number of ether oxygens (including phenoxy) is 1. The van der Waals surface area contributed by atoms with Crippen molar-refractivity contribution in [2.45, 2.75) is 20.5 Å². The van der Waals surface area contributed by atoms with Gasteiger partial charge in [-0.15, -0.1) is 0 Å². The van der Waals surface area contributed by atoms with E-state index in [0.29, 0.717) is 12.3 Å². The minimum absolute atomic E-state index is 0.143. The van der Waals surface area contributed by atoms with Crippen LogP contribution in [0.4, 0.5) is 0 Å². The van der Waals surface area contributed by atoms with Gasteiger partial charge in [-0.25, -0.2) is 4.63 Å². The molecule has 5 heteroatoms. The average Bonchev–Trinajstić information content (AvgIpc) is 2.81. The van der Waals surface area contributed by atoms with Crippen molar-refractivity contribution in [3.63, 3.8) is 0 Å². The van der Waals surface area contributed by atoms with E-state index in [-0.39, 0.29) is 6.61 Å². The first-order valence-corrected chi connectivity index (χ1v) is 5.82. The fourth-order valence-corrected chi connectivity index (χ4v) is 1.53. The van der Waals surface area contributed by atoms with Gasteiger partial charge in [0, 0.05) is 5.56 Å². The highest BCUT2D eigenvalue weighted by atomic mass is 16.6. The van der Waals surface area contributed by atoms with Gasteiger partial charge in [-0.05, 0) is 37.6 Å². The van der Waals surface area contributed by atoms with Crippen molar-refractivity contribution in [2.75, 3.05) is 6.61 Å². The van der Waals surface area contributed by atoms with Gasteiger partial charge in [0.1, 0.15) is 30.4 Å². The summed E-state index contributed by atoms with van der Waals surface area (Å²) in [6.45, 7) is 3.93. The SMILES string of the molecule is Cc1cc(OCc2nonc2C)ccc1C#CCO. The van der Waals surface area contributed by atoms with Crippen molar-refractivity contribution in [1.82, 2.24) is 10.3 Å². The molecule has 5 nitrogen and oxygen atoms in total. The zero-order valence-corrected chi connectivity index (χ0v) is 10.8. The summed E-state index contributed by atoms with van der Waals surface area (Å²) in [5, 5.41) is 16.1. The molecule has 98 valence electrons. The summed E-state index contributed by atoms with van der Waals surface area (Å²) < 4.78 is 10.2. The van der Waals surface area contributed by atoms with Gasteiger partial charge >= 0.3 is 0 Å². The smallest absolute Gasteiger partial charge is 0.145 e. The van der Waals surface area contributed by atoms with E-state index < -0.39 is 0 Å². The number of nitrogens with zero attached hydrogens (tertiary/aromatic N) is 2. The summed E-state index contributed by atoms with van der Waals surface area (Å²) in [5.74, 6) is 6.23. The van der Waals surface area contributed by atoms with E-state index in [2.05, 4.69) is 26.8 Å². The second-order valence-electron chi connectivity index (χ2n) is 4.02. The number of aliphatic hydroxyl groups excluding tert-OH is 1. The van der Waals surface area contributed by atoms with Gasteiger partial charge in [0.2, 0.25) is 0 Å². The number of aromatic nitrogens is 2. The predicted octanol–water partition coefficient (Wildman–Crippen LogP) is 1.61. The van der Waals surface area contributed by atoms with Crippen LogP contribution in [0, 0.1) is 25.7 Å². The van der Waals surface area contributed by atoms with Crippen LogP contribution < -0.4 is 4.74 Å². The van der Waals surface area contributed by atoms with Crippen molar-refractivity contribution < 1.29 is 14.5 Å². The summed E-state index contributed by atoms with van der Waals surface area (Å²) >= 11 is 0. The lowest BCUT2D eigenvalue weighted by molar-refractivity contribution is 0.270. The Morgan fingerprint density at radius 3 is 2.79 bits per heavy atom. The first-order valence-electron chi connectivity index (χ1n) is 5.82. The lowest BCUT2D eigenvalue weighted by Crippen LogP contribution is -1.98. The Balaban J connectivity index is 2.06. The third-order valence-corrected chi connectivity index (χ3v) is 2.62. The summed E-state index contributed by atoms with van der Waals surface area (Å²) in [6.07, 6.45) is 0. The van der Waals surface area contributed by atoms with Gasteiger partial charge in [0.15, 0.2) is 0 Å². The predicted molar refractivity (Wildman–Crippen MR) is 68.5 cm³/mol. The largest absolute Gasteiger partial charge is 0.487 e. The molecule has 0 unspecified atom stereocenters. The number of rotatable bonds is 3. The van der Waals surface area contributed by atoms with Crippen LogP contribution in [0.2, 0.25) is 0 Å². The molecule has 1 heterocycles. The molecule has 2 aromatic rings. The highest BCUT2D eigenvalue weighted by molar-refractivity contribution is 5.44. The highest BCUT2D eigenvalue weighted by Gasteiger charge is 2.06. The van der Waals surface area contributed by atoms with Gasteiger partial charge in [0.05, 0.1) is 0 Å². The molecule has 0 spiro atoms. The zero-order chi connectivity index (χ0) is 13.7. The molecule has 1 aromatic heterocycles. The van der Waals surface area contributed by atoms with Crippen LogP contribution in [0.25, 0.3) is 0 Å². The Morgan fingerprint density at radius 2 is 2.16 bits per heavy atom. The normalized spacial score (nSPS) is 9.84. The maximum absolute atomic E-state index is 8.67. The second-order valence-corrected chi connectivity index (χ2v) is 4.02. The van der Waals surface area contributed by atoms with E-state index in [9.17, 15) is 0 Å². The monoisotopic (exact) mass is 258 g/mol. The van der Waals surface area contributed by atoms with Crippen molar-refractivity contribution in [3.05, 3.63) is 40.7 Å². The molecule has 1 aromatic carbocycles. The number of benzene rings is 1. The molecule has 0 aliphatic rings.